The van der Waals surface area contributed by atoms with Crippen molar-refractivity contribution < 1.29 is 19.4 Å². The van der Waals surface area contributed by atoms with Gasteiger partial charge in [-0.05, 0) is 38.5 Å². The van der Waals surface area contributed by atoms with Gasteiger partial charge in [-0.3, -0.25) is 9.59 Å². The monoisotopic (exact) mass is 581 g/mol. The first-order valence-electron chi connectivity index (χ1n) is 18.5. The van der Waals surface area contributed by atoms with Crippen molar-refractivity contribution in [1.29, 1.82) is 0 Å². The zero-order valence-electron chi connectivity index (χ0n) is 27.9. The quantitative estimate of drug-likeness (QED) is 0.0607. The number of aliphatic carboxylic acids is 1. The molecule has 0 saturated heterocycles. The highest BCUT2D eigenvalue weighted by molar-refractivity contribution is 5.70. The molecule has 0 rings (SSSR count). The maximum absolute atomic E-state index is 12.4. The smallest absolute Gasteiger partial charge is 0.306 e. The summed E-state index contributed by atoms with van der Waals surface area (Å²) in [6.07, 6.45) is 38.8. The maximum atomic E-state index is 12.4. The molecule has 1 N–H and O–H groups in total. The normalized spacial score (nSPS) is 12.0. The molecule has 0 radical (unpaired) electrons. The van der Waals surface area contributed by atoms with Crippen LogP contribution in [0.4, 0.5) is 0 Å². The number of carbonyl (C=O) groups excluding carboxylic acids is 1. The van der Waals surface area contributed by atoms with Gasteiger partial charge >= 0.3 is 11.9 Å². The third kappa shape index (κ3) is 33.3. The molecule has 4 heteroatoms. The second-order valence-electron chi connectivity index (χ2n) is 12.8. The summed E-state index contributed by atoms with van der Waals surface area (Å²) in [4.78, 5) is 23.1. The minimum Gasteiger partial charge on any atom is -0.481 e. The number of carboxylic acid groups (broad SMARTS) is 1. The summed E-state index contributed by atoms with van der Waals surface area (Å²) in [5, 5.41) is 8.80. The van der Waals surface area contributed by atoms with E-state index in [-0.39, 0.29) is 18.5 Å². The second-order valence-corrected chi connectivity index (χ2v) is 12.8. The zero-order chi connectivity index (χ0) is 30.1. The van der Waals surface area contributed by atoms with Crippen LogP contribution in [0.3, 0.4) is 0 Å². The molecule has 0 aliphatic carbocycles. The predicted molar refractivity (Wildman–Crippen MR) is 177 cm³/mol. The summed E-state index contributed by atoms with van der Waals surface area (Å²) in [5.41, 5.74) is 0. The molecule has 0 aliphatic heterocycles. The summed E-state index contributed by atoms with van der Waals surface area (Å²) in [6.45, 7) is 4.56. The van der Waals surface area contributed by atoms with Crippen LogP contribution in [0, 0.1) is 0 Å². The Bertz CT molecular complexity index is 547. The van der Waals surface area contributed by atoms with Gasteiger partial charge in [0.2, 0.25) is 0 Å². The van der Waals surface area contributed by atoms with Gasteiger partial charge in [-0.25, -0.2) is 0 Å². The van der Waals surface area contributed by atoms with Crippen LogP contribution in [0.15, 0.2) is 0 Å². The van der Waals surface area contributed by atoms with Gasteiger partial charge in [0, 0.05) is 12.8 Å². The van der Waals surface area contributed by atoms with Gasteiger partial charge in [-0.15, -0.1) is 0 Å². The summed E-state index contributed by atoms with van der Waals surface area (Å²) >= 11 is 0. The average Bonchev–Trinajstić information content (AvgIpc) is 2.95. The fourth-order valence-corrected chi connectivity index (χ4v) is 5.83. The van der Waals surface area contributed by atoms with Crippen LogP contribution in [-0.4, -0.2) is 23.1 Å². The molecule has 0 aromatic carbocycles. The molecule has 0 amide bonds. The maximum Gasteiger partial charge on any atom is 0.306 e. The molecule has 0 bridgehead atoms. The van der Waals surface area contributed by atoms with Gasteiger partial charge in [-0.2, -0.15) is 0 Å². The number of carbonyl (C=O) groups is 2. The third-order valence-electron chi connectivity index (χ3n) is 8.58. The number of esters is 1. The van der Waals surface area contributed by atoms with E-state index in [0.29, 0.717) is 19.3 Å². The lowest BCUT2D eigenvalue weighted by atomic mass is 10.0. The summed E-state index contributed by atoms with van der Waals surface area (Å²) in [5.74, 6) is -0.926. The fourth-order valence-electron chi connectivity index (χ4n) is 5.83. The minimum atomic E-state index is -0.791. The molecule has 0 fully saturated rings. The van der Waals surface area contributed by atoms with Gasteiger partial charge in [0.1, 0.15) is 6.10 Å². The van der Waals surface area contributed by atoms with E-state index >= 15 is 0 Å². The van der Waals surface area contributed by atoms with Crippen molar-refractivity contribution in [2.45, 2.75) is 225 Å². The highest BCUT2D eigenvalue weighted by atomic mass is 16.5. The van der Waals surface area contributed by atoms with Crippen LogP contribution in [-0.2, 0) is 14.3 Å². The molecule has 41 heavy (non-hydrogen) atoms. The molecule has 0 aromatic heterocycles. The summed E-state index contributed by atoms with van der Waals surface area (Å²) in [7, 11) is 0. The Kier molecular flexibility index (Phi) is 32.6. The van der Waals surface area contributed by atoms with E-state index in [2.05, 4.69) is 13.8 Å². The van der Waals surface area contributed by atoms with Gasteiger partial charge in [0.25, 0.3) is 0 Å². The molecule has 0 spiro atoms. The van der Waals surface area contributed by atoms with E-state index in [1.54, 1.807) is 0 Å². The van der Waals surface area contributed by atoms with Crippen molar-refractivity contribution in [2.75, 3.05) is 0 Å². The van der Waals surface area contributed by atoms with Crippen molar-refractivity contribution >= 4 is 11.9 Å². The Morgan fingerprint density at radius 1 is 0.439 bits per heavy atom. The van der Waals surface area contributed by atoms with E-state index in [0.717, 1.165) is 25.7 Å². The Hall–Kier alpha value is -1.06. The lowest BCUT2D eigenvalue weighted by Gasteiger charge is -2.18. The first-order chi connectivity index (χ1) is 20.1. The fraction of sp³-hybridized carbons (Fsp3) is 0.946. The number of hydrogen-bond acceptors (Lipinski definition) is 3. The lowest BCUT2D eigenvalue weighted by Crippen LogP contribution is -2.18. The van der Waals surface area contributed by atoms with Crippen molar-refractivity contribution in [2.24, 2.45) is 0 Å². The Morgan fingerprint density at radius 2 is 0.732 bits per heavy atom. The number of carboxylic acids is 1. The highest BCUT2D eigenvalue weighted by Gasteiger charge is 2.14. The average molecular weight is 581 g/mol. The predicted octanol–water partition coefficient (Wildman–Crippen LogP) is 12.5. The molecule has 0 heterocycles. The Morgan fingerprint density at radius 3 is 1.05 bits per heavy atom. The molecule has 0 aromatic rings. The molecule has 244 valence electrons. The van der Waals surface area contributed by atoms with Crippen LogP contribution in [0.1, 0.15) is 219 Å². The molecule has 1 atom stereocenters. The molecule has 4 nitrogen and oxygen atoms in total. The highest BCUT2D eigenvalue weighted by Crippen LogP contribution is 2.19. The van der Waals surface area contributed by atoms with E-state index < -0.39 is 5.97 Å². The first-order valence-corrected chi connectivity index (χ1v) is 18.5. The van der Waals surface area contributed by atoms with Crippen molar-refractivity contribution in [3.63, 3.8) is 0 Å². The SMILES string of the molecule is CCCCCCCCCCCCCCCCCC(CCCCCCCCCCCCC)OC(=O)CCCCC(=O)O. The van der Waals surface area contributed by atoms with Crippen molar-refractivity contribution in [3.05, 3.63) is 0 Å². The number of unbranched alkanes of at least 4 members (excludes halogenated alkanes) is 25. The van der Waals surface area contributed by atoms with E-state index in [1.807, 2.05) is 0 Å². The van der Waals surface area contributed by atoms with Gasteiger partial charge < -0.3 is 9.84 Å². The van der Waals surface area contributed by atoms with Crippen molar-refractivity contribution in [3.8, 4) is 0 Å². The van der Waals surface area contributed by atoms with Crippen molar-refractivity contribution in [1.82, 2.24) is 0 Å². The zero-order valence-corrected chi connectivity index (χ0v) is 27.9. The summed E-state index contributed by atoms with van der Waals surface area (Å²) in [6, 6.07) is 0. The van der Waals surface area contributed by atoms with Crippen LogP contribution in [0.25, 0.3) is 0 Å². The number of hydrogen-bond donors (Lipinski definition) is 1. The topological polar surface area (TPSA) is 63.6 Å². The lowest BCUT2D eigenvalue weighted by molar-refractivity contribution is -0.150. The third-order valence-corrected chi connectivity index (χ3v) is 8.58. The van der Waals surface area contributed by atoms with Crippen LogP contribution < -0.4 is 0 Å². The summed E-state index contributed by atoms with van der Waals surface area (Å²) < 4.78 is 5.88. The minimum absolute atomic E-state index is 0.0440. The molecular weight excluding hydrogens is 508 g/mol. The van der Waals surface area contributed by atoms with Gasteiger partial charge in [-0.1, -0.05) is 168 Å². The number of rotatable bonds is 34. The second kappa shape index (κ2) is 33.4. The van der Waals surface area contributed by atoms with Gasteiger partial charge in [0.05, 0.1) is 0 Å². The molecule has 0 saturated carbocycles. The van der Waals surface area contributed by atoms with E-state index in [4.69, 9.17) is 9.84 Å². The molecule has 0 aliphatic rings. The van der Waals surface area contributed by atoms with E-state index in [9.17, 15) is 9.59 Å². The largest absolute Gasteiger partial charge is 0.481 e. The van der Waals surface area contributed by atoms with E-state index in [1.165, 1.54) is 154 Å². The molecule has 1 unspecified atom stereocenters. The van der Waals surface area contributed by atoms with Crippen LogP contribution in [0.2, 0.25) is 0 Å². The van der Waals surface area contributed by atoms with Gasteiger partial charge in [0.15, 0.2) is 0 Å². The first kappa shape index (κ1) is 39.9. The van der Waals surface area contributed by atoms with Crippen LogP contribution >= 0.6 is 0 Å². The van der Waals surface area contributed by atoms with Crippen LogP contribution in [0.5, 0.6) is 0 Å². The Labute approximate surface area is 256 Å². The molecular formula is C37H72O4. The number of ether oxygens (including phenoxy) is 1. The standard InChI is InChI=1S/C37H72O4/c1-3-5-7-9-11-13-15-16-17-18-20-22-24-26-28-32-35(41-37(40)34-30-29-33-36(38)39)31-27-25-23-21-19-14-12-10-8-6-4-2/h35H,3-34H2,1-2H3,(H,38,39). The Balaban J connectivity index is 3.94.